The predicted octanol–water partition coefficient (Wildman–Crippen LogP) is 7.14. The first-order valence-corrected chi connectivity index (χ1v) is 15.1. The van der Waals surface area contributed by atoms with Crippen LogP contribution in [0.2, 0.25) is 0 Å². The van der Waals surface area contributed by atoms with Crippen LogP contribution in [0.5, 0.6) is 11.5 Å². The van der Waals surface area contributed by atoms with Gasteiger partial charge in [0, 0.05) is 30.6 Å². The minimum Gasteiger partial charge on any atom is -0.493 e. The number of benzene rings is 3. The molecule has 0 radical (unpaired) electrons. The molecule has 1 heterocycles. The van der Waals surface area contributed by atoms with Crippen LogP contribution in [0.25, 0.3) is 11.1 Å². The summed E-state index contributed by atoms with van der Waals surface area (Å²) in [4.78, 5) is 13.8. The largest absolute Gasteiger partial charge is 0.493 e. The maximum Gasteiger partial charge on any atom is 0.217 e. The van der Waals surface area contributed by atoms with Crippen molar-refractivity contribution in [1.29, 1.82) is 0 Å². The topological polar surface area (TPSA) is 64.8 Å². The highest BCUT2D eigenvalue weighted by atomic mass is 16.5. The Bertz CT molecular complexity index is 1300. The number of amides is 1. The fraction of sp³-hybridized carbons (Fsp3) is 0.457. The van der Waals surface area contributed by atoms with Gasteiger partial charge in [0.2, 0.25) is 5.91 Å². The number of rotatable bonds is 12. The molecule has 212 valence electrons. The Morgan fingerprint density at radius 3 is 2.58 bits per heavy atom. The van der Waals surface area contributed by atoms with Crippen molar-refractivity contribution in [3.8, 4) is 22.6 Å². The molecule has 0 unspecified atom stereocenters. The molecule has 1 aliphatic carbocycles. The molecule has 5 nitrogen and oxygen atoms in total. The summed E-state index contributed by atoms with van der Waals surface area (Å²) < 4.78 is 13.1. The molecule has 2 aliphatic rings. The van der Waals surface area contributed by atoms with Crippen LogP contribution in [0, 0.1) is 6.92 Å². The van der Waals surface area contributed by atoms with Gasteiger partial charge in [-0.1, -0.05) is 55.0 Å². The minimum absolute atomic E-state index is 0.250. The van der Waals surface area contributed by atoms with Gasteiger partial charge < -0.3 is 15.2 Å². The number of piperidine rings is 1. The van der Waals surface area contributed by atoms with Gasteiger partial charge in [0.1, 0.15) is 18.1 Å². The average molecular weight is 541 g/mol. The third-order valence-electron chi connectivity index (χ3n) is 8.73. The van der Waals surface area contributed by atoms with Crippen molar-refractivity contribution in [3.63, 3.8) is 0 Å². The zero-order chi connectivity index (χ0) is 27.9. The number of fused-ring (bicyclic) bond motifs is 1. The molecular weight excluding hydrogens is 496 g/mol. The van der Waals surface area contributed by atoms with E-state index in [2.05, 4.69) is 73.3 Å². The quantitative estimate of drug-likeness (QED) is 0.248. The van der Waals surface area contributed by atoms with E-state index < -0.39 is 0 Å². The number of carbonyl (C=O) groups is 1. The lowest BCUT2D eigenvalue weighted by molar-refractivity contribution is -0.118. The molecule has 1 aliphatic heterocycles. The molecule has 5 heteroatoms. The van der Waals surface area contributed by atoms with Gasteiger partial charge >= 0.3 is 0 Å². The molecule has 1 amide bonds. The van der Waals surface area contributed by atoms with Crippen LogP contribution >= 0.6 is 0 Å². The van der Waals surface area contributed by atoms with Crippen LogP contribution in [-0.2, 0) is 30.8 Å². The van der Waals surface area contributed by atoms with Crippen molar-refractivity contribution >= 4 is 5.91 Å². The van der Waals surface area contributed by atoms with E-state index in [0.717, 1.165) is 56.7 Å². The van der Waals surface area contributed by atoms with Crippen molar-refractivity contribution in [2.24, 2.45) is 5.73 Å². The number of nitrogens with two attached hydrogens (primary N) is 1. The Morgan fingerprint density at radius 2 is 1.77 bits per heavy atom. The molecule has 40 heavy (non-hydrogen) atoms. The van der Waals surface area contributed by atoms with Crippen LogP contribution in [0.4, 0.5) is 0 Å². The number of primary amides is 1. The number of hydrogen-bond acceptors (Lipinski definition) is 4. The Balaban J connectivity index is 1.40. The first-order chi connectivity index (χ1) is 19.5. The van der Waals surface area contributed by atoms with Crippen molar-refractivity contribution < 1.29 is 14.3 Å². The number of ether oxygens (including phenoxy) is 2. The van der Waals surface area contributed by atoms with Crippen LogP contribution in [-0.4, -0.2) is 30.0 Å². The first-order valence-electron chi connectivity index (χ1n) is 15.1. The number of carbonyl (C=O) groups excluding carboxylic acids is 1. The summed E-state index contributed by atoms with van der Waals surface area (Å²) in [6.07, 6.45) is 9.07. The summed E-state index contributed by atoms with van der Waals surface area (Å²) >= 11 is 0. The van der Waals surface area contributed by atoms with Gasteiger partial charge in [0.05, 0.1) is 6.61 Å². The molecule has 3 aromatic carbocycles. The summed E-state index contributed by atoms with van der Waals surface area (Å²) in [5.74, 6) is 1.65. The highest BCUT2D eigenvalue weighted by Crippen LogP contribution is 2.41. The summed E-state index contributed by atoms with van der Waals surface area (Å²) in [5, 5.41) is 0. The van der Waals surface area contributed by atoms with E-state index in [1.54, 1.807) is 0 Å². The van der Waals surface area contributed by atoms with E-state index in [0.29, 0.717) is 25.7 Å². The summed E-state index contributed by atoms with van der Waals surface area (Å²) in [7, 11) is 0. The van der Waals surface area contributed by atoms with E-state index in [4.69, 9.17) is 15.2 Å². The van der Waals surface area contributed by atoms with Crippen LogP contribution in [0.15, 0.2) is 54.6 Å². The number of nitrogens with zero attached hydrogens (tertiary/aromatic N) is 1. The molecule has 0 saturated carbocycles. The first kappa shape index (κ1) is 28.2. The Labute approximate surface area is 239 Å². The molecule has 1 atom stereocenters. The van der Waals surface area contributed by atoms with E-state index >= 15 is 0 Å². The van der Waals surface area contributed by atoms with Gasteiger partial charge in [-0.15, -0.1) is 0 Å². The second kappa shape index (κ2) is 13.4. The molecular formula is C35H44N2O3. The van der Waals surface area contributed by atoms with Crippen LogP contribution in [0.1, 0.15) is 79.7 Å². The van der Waals surface area contributed by atoms with E-state index in [-0.39, 0.29) is 5.91 Å². The average Bonchev–Trinajstić information content (AvgIpc) is 3.45. The van der Waals surface area contributed by atoms with Gasteiger partial charge in [0.25, 0.3) is 0 Å². The predicted molar refractivity (Wildman–Crippen MR) is 162 cm³/mol. The third kappa shape index (κ3) is 6.69. The second-order valence-corrected chi connectivity index (χ2v) is 11.5. The lowest BCUT2D eigenvalue weighted by Crippen LogP contribution is -2.37. The SMILES string of the molecule is Cc1c(COc2cc(OCCCCC(N)=O)c(CN3CCCC[C@H]3C)c3c2CCC3)cccc1-c1ccccc1. The standard InChI is InChI=1S/C35H44N2O3/c1-25-12-6-8-20-37(25)23-32-30-17-11-18-31(30)33(22-34(32)39-21-9-7-19-35(36)38)40-24-28-15-10-16-29(26(28)2)27-13-4-3-5-14-27/h3-5,10,13-16,22,25H,6-9,11-12,17-21,23-24H2,1-2H3,(H2,36,38)/t25-/m1/s1. The summed E-state index contributed by atoms with van der Waals surface area (Å²) in [6.45, 7) is 7.72. The molecule has 2 N–H and O–H groups in total. The van der Waals surface area contributed by atoms with Gasteiger partial charge in [-0.25, -0.2) is 0 Å². The lowest BCUT2D eigenvalue weighted by Gasteiger charge is -2.34. The fourth-order valence-corrected chi connectivity index (χ4v) is 6.33. The van der Waals surface area contributed by atoms with E-state index in [9.17, 15) is 4.79 Å². The molecule has 0 bridgehead atoms. The van der Waals surface area contributed by atoms with Crippen molar-refractivity contribution in [1.82, 2.24) is 4.90 Å². The minimum atomic E-state index is -0.250. The fourth-order valence-electron chi connectivity index (χ4n) is 6.33. The van der Waals surface area contributed by atoms with Gasteiger partial charge in [-0.05, 0) is 98.7 Å². The third-order valence-corrected chi connectivity index (χ3v) is 8.73. The Hall–Kier alpha value is -3.31. The smallest absolute Gasteiger partial charge is 0.217 e. The Kier molecular flexibility index (Phi) is 9.43. The van der Waals surface area contributed by atoms with Gasteiger partial charge in [-0.2, -0.15) is 0 Å². The number of unbranched alkanes of at least 4 members (excludes halogenated alkanes) is 1. The van der Waals surface area contributed by atoms with Crippen LogP contribution < -0.4 is 15.2 Å². The summed E-state index contributed by atoms with van der Waals surface area (Å²) in [5.41, 5.74) is 14.4. The van der Waals surface area contributed by atoms with Gasteiger partial charge in [0.15, 0.2) is 0 Å². The Morgan fingerprint density at radius 1 is 0.950 bits per heavy atom. The maximum absolute atomic E-state index is 11.2. The number of hydrogen-bond donors (Lipinski definition) is 1. The maximum atomic E-state index is 11.2. The van der Waals surface area contributed by atoms with E-state index in [1.807, 2.05) is 0 Å². The normalized spacial score (nSPS) is 17.0. The zero-order valence-electron chi connectivity index (χ0n) is 24.2. The van der Waals surface area contributed by atoms with Crippen molar-refractivity contribution in [2.45, 2.75) is 90.8 Å². The molecule has 0 aromatic heterocycles. The second-order valence-electron chi connectivity index (χ2n) is 11.5. The monoisotopic (exact) mass is 540 g/mol. The van der Waals surface area contributed by atoms with E-state index in [1.165, 1.54) is 58.2 Å². The van der Waals surface area contributed by atoms with Gasteiger partial charge in [-0.3, -0.25) is 9.69 Å². The molecule has 3 aromatic rings. The molecule has 5 rings (SSSR count). The molecule has 0 spiro atoms. The summed E-state index contributed by atoms with van der Waals surface area (Å²) in [6, 6.07) is 19.8. The highest BCUT2D eigenvalue weighted by molar-refractivity contribution is 5.73. The van der Waals surface area contributed by atoms with Crippen molar-refractivity contribution in [3.05, 3.63) is 82.4 Å². The lowest BCUT2D eigenvalue weighted by atomic mass is 9.96. The molecule has 1 fully saturated rings. The van der Waals surface area contributed by atoms with Crippen molar-refractivity contribution in [2.75, 3.05) is 13.2 Å². The zero-order valence-corrected chi connectivity index (χ0v) is 24.2. The molecule has 1 saturated heterocycles. The highest BCUT2D eigenvalue weighted by Gasteiger charge is 2.27. The number of likely N-dealkylation sites (tertiary alicyclic amines) is 1. The van der Waals surface area contributed by atoms with Crippen LogP contribution in [0.3, 0.4) is 0 Å².